The van der Waals surface area contributed by atoms with Gasteiger partial charge in [0.25, 0.3) is 0 Å². The maximum Gasteiger partial charge on any atom is 0.229 e. The number of hydrogen-bond acceptors (Lipinski definition) is 8. The lowest BCUT2D eigenvalue weighted by Crippen LogP contribution is -2.41. The summed E-state index contributed by atoms with van der Waals surface area (Å²) in [4.78, 5) is 28.3. The number of anilines is 4. The van der Waals surface area contributed by atoms with Crippen molar-refractivity contribution in [2.45, 2.75) is 12.5 Å². The first-order valence-electron chi connectivity index (χ1n) is 12.5. The summed E-state index contributed by atoms with van der Waals surface area (Å²) >= 11 is 0. The first kappa shape index (κ1) is 23.4. The van der Waals surface area contributed by atoms with Crippen molar-refractivity contribution in [3.05, 3.63) is 66.8 Å². The zero-order valence-corrected chi connectivity index (χ0v) is 20.2. The molecule has 4 atom stereocenters. The molecule has 1 saturated carbocycles. The SMILES string of the molecule is NC(=O)[C@@H]1[C@H](Nc2nc(Nc3ccc(N4CCOCC4)nc3)ncc2-c2cccc(F)c2)[C@H]2C=C[C@@H]1C2. The summed E-state index contributed by atoms with van der Waals surface area (Å²) in [6.07, 6.45) is 8.48. The van der Waals surface area contributed by atoms with E-state index in [2.05, 4.69) is 37.7 Å². The van der Waals surface area contributed by atoms with E-state index in [-0.39, 0.29) is 35.5 Å². The van der Waals surface area contributed by atoms with Gasteiger partial charge in [0.05, 0.1) is 31.0 Å². The molecule has 3 heterocycles. The minimum Gasteiger partial charge on any atom is -0.378 e. The molecule has 1 aliphatic heterocycles. The van der Waals surface area contributed by atoms with Crippen LogP contribution in [-0.4, -0.2) is 53.2 Å². The zero-order valence-electron chi connectivity index (χ0n) is 20.2. The number of hydrogen-bond donors (Lipinski definition) is 3. The van der Waals surface area contributed by atoms with Crippen LogP contribution in [0, 0.1) is 23.6 Å². The van der Waals surface area contributed by atoms with Crippen molar-refractivity contribution < 1.29 is 13.9 Å². The lowest BCUT2D eigenvalue weighted by molar-refractivity contribution is -0.122. The highest BCUT2D eigenvalue weighted by Crippen LogP contribution is 2.45. The smallest absolute Gasteiger partial charge is 0.229 e. The number of carbonyl (C=O) groups is 1. The minimum atomic E-state index is -0.352. The molecule has 1 aromatic carbocycles. The van der Waals surface area contributed by atoms with E-state index in [4.69, 9.17) is 15.5 Å². The second-order valence-electron chi connectivity index (χ2n) is 9.64. The Morgan fingerprint density at radius 2 is 1.92 bits per heavy atom. The summed E-state index contributed by atoms with van der Waals surface area (Å²) in [5.74, 6) is 1.03. The number of nitrogens with one attached hydrogen (secondary N) is 2. The van der Waals surface area contributed by atoms with E-state index in [0.29, 0.717) is 36.1 Å². The Hall–Kier alpha value is -4.05. The number of benzene rings is 1. The van der Waals surface area contributed by atoms with Gasteiger partial charge in [-0.05, 0) is 48.1 Å². The number of allylic oxidation sites excluding steroid dienone is 1. The summed E-state index contributed by atoms with van der Waals surface area (Å²) < 4.78 is 19.5. The van der Waals surface area contributed by atoms with Crippen LogP contribution in [0.2, 0.25) is 0 Å². The van der Waals surface area contributed by atoms with Crippen LogP contribution in [0.3, 0.4) is 0 Å². The van der Waals surface area contributed by atoms with Gasteiger partial charge in [-0.15, -0.1) is 0 Å². The van der Waals surface area contributed by atoms with Gasteiger partial charge in [-0.1, -0.05) is 24.3 Å². The van der Waals surface area contributed by atoms with Crippen molar-refractivity contribution in [3.63, 3.8) is 0 Å². The van der Waals surface area contributed by atoms with Crippen LogP contribution >= 0.6 is 0 Å². The van der Waals surface area contributed by atoms with Crippen LogP contribution in [0.25, 0.3) is 11.1 Å². The number of fused-ring (bicyclic) bond motifs is 2. The van der Waals surface area contributed by atoms with Gasteiger partial charge in [-0.2, -0.15) is 4.98 Å². The third kappa shape index (κ3) is 4.72. The quantitative estimate of drug-likeness (QED) is 0.422. The Bertz CT molecular complexity index is 1330. The molecule has 0 unspecified atom stereocenters. The van der Waals surface area contributed by atoms with Gasteiger partial charge in [-0.25, -0.2) is 14.4 Å². The van der Waals surface area contributed by atoms with E-state index in [1.165, 1.54) is 12.1 Å². The molecule has 0 radical (unpaired) electrons. The van der Waals surface area contributed by atoms with Crippen LogP contribution in [-0.2, 0) is 9.53 Å². The van der Waals surface area contributed by atoms with Gasteiger partial charge < -0.3 is 26.0 Å². The summed E-state index contributed by atoms with van der Waals surface area (Å²) in [7, 11) is 0. The van der Waals surface area contributed by atoms with E-state index in [9.17, 15) is 9.18 Å². The van der Waals surface area contributed by atoms with Gasteiger partial charge in [-0.3, -0.25) is 4.79 Å². The molecule has 2 fully saturated rings. The second-order valence-corrected chi connectivity index (χ2v) is 9.64. The highest BCUT2D eigenvalue weighted by molar-refractivity contribution is 5.81. The standard InChI is InChI=1S/C27H28FN7O2/c28-19-3-1-2-16(13-19)21-15-31-27(32-20-6-7-22(30-14-20)35-8-10-37-11-9-35)34-26(21)33-24-18-5-4-17(12-18)23(24)25(29)36/h1-7,13-15,17-18,23-24H,8-12H2,(H2,29,36)(H2,31,32,33,34)/t17-,18+,23+,24-/m1/s1. The fourth-order valence-electron chi connectivity index (χ4n) is 5.55. The summed E-state index contributed by atoms with van der Waals surface area (Å²) in [5.41, 5.74) is 7.78. The highest BCUT2D eigenvalue weighted by Gasteiger charge is 2.47. The first-order valence-corrected chi connectivity index (χ1v) is 12.5. The van der Waals surface area contributed by atoms with Gasteiger partial charge in [0, 0.05) is 30.9 Å². The molecule has 190 valence electrons. The molecular formula is C27H28FN7O2. The normalized spacial score (nSPS) is 24.3. The molecule has 37 heavy (non-hydrogen) atoms. The Morgan fingerprint density at radius 3 is 2.68 bits per heavy atom. The molecule has 6 rings (SSSR count). The second kappa shape index (κ2) is 9.78. The summed E-state index contributed by atoms with van der Waals surface area (Å²) in [6, 6.07) is 9.97. The van der Waals surface area contributed by atoms with E-state index in [0.717, 1.165) is 31.0 Å². The predicted octanol–water partition coefficient (Wildman–Crippen LogP) is 3.35. The van der Waals surface area contributed by atoms with Gasteiger partial charge in [0.2, 0.25) is 11.9 Å². The molecule has 2 aromatic heterocycles. The monoisotopic (exact) mass is 501 g/mol. The van der Waals surface area contributed by atoms with Crippen molar-refractivity contribution >= 4 is 29.2 Å². The number of halogens is 1. The Kier molecular flexibility index (Phi) is 6.17. The molecule has 2 aliphatic carbocycles. The third-order valence-corrected chi connectivity index (χ3v) is 7.35. The maximum absolute atomic E-state index is 14.1. The molecule has 4 N–H and O–H groups in total. The molecule has 10 heteroatoms. The lowest BCUT2D eigenvalue weighted by Gasteiger charge is -2.28. The number of aromatic nitrogens is 3. The first-order chi connectivity index (χ1) is 18.0. The number of rotatable bonds is 7. The van der Waals surface area contributed by atoms with Crippen LogP contribution in [0.4, 0.5) is 27.7 Å². The van der Waals surface area contributed by atoms with Crippen LogP contribution in [0.15, 0.2) is 60.9 Å². The number of morpholine rings is 1. The number of amides is 1. The average molecular weight is 502 g/mol. The van der Waals surface area contributed by atoms with Gasteiger partial charge in [0.1, 0.15) is 17.5 Å². The van der Waals surface area contributed by atoms with E-state index >= 15 is 0 Å². The molecule has 0 spiro atoms. The molecular weight excluding hydrogens is 473 g/mol. The lowest BCUT2D eigenvalue weighted by atomic mass is 9.88. The number of pyridine rings is 1. The maximum atomic E-state index is 14.1. The van der Waals surface area contributed by atoms with Crippen molar-refractivity contribution in [2.75, 3.05) is 41.8 Å². The van der Waals surface area contributed by atoms with Gasteiger partial charge >= 0.3 is 0 Å². The minimum absolute atomic E-state index is 0.119. The number of carbonyl (C=O) groups excluding carboxylic acids is 1. The topological polar surface area (TPSA) is 118 Å². The molecule has 9 nitrogen and oxygen atoms in total. The molecule has 3 aliphatic rings. The zero-order chi connectivity index (χ0) is 25.4. The summed E-state index contributed by atoms with van der Waals surface area (Å²) in [5, 5.41) is 6.68. The van der Waals surface area contributed by atoms with Crippen molar-refractivity contribution in [3.8, 4) is 11.1 Å². The molecule has 3 aromatic rings. The Labute approximate surface area is 214 Å². The van der Waals surface area contributed by atoms with E-state index in [1.54, 1.807) is 24.5 Å². The average Bonchev–Trinajstić information content (AvgIpc) is 3.52. The van der Waals surface area contributed by atoms with Crippen LogP contribution < -0.4 is 21.3 Å². The fourth-order valence-corrected chi connectivity index (χ4v) is 5.55. The number of nitrogens with zero attached hydrogens (tertiary/aromatic N) is 4. The van der Waals surface area contributed by atoms with Crippen molar-refractivity contribution in [2.24, 2.45) is 23.5 Å². The Morgan fingerprint density at radius 1 is 1.08 bits per heavy atom. The van der Waals surface area contributed by atoms with Crippen LogP contribution in [0.1, 0.15) is 6.42 Å². The van der Waals surface area contributed by atoms with Crippen molar-refractivity contribution in [1.29, 1.82) is 0 Å². The number of primary amides is 1. The van der Waals surface area contributed by atoms with Crippen LogP contribution in [0.5, 0.6) is 0 Å². The van der Waals surface area contributed by atoms with Gasteiger partial charge in [0.15, 0.2) is 0 Å². The largest absolute Gasteiger partial charge is 0.378 e. The predicted molar refractivity (Wildman–Crippen MR) is 139 cm³/mol. The molecule has 2 bridgehead atoms. The fraction of sp³-hybridized carbons (Fsp3) is 0.333. The number of ether oxygens (including phenoxy) is 1. The van der Waals surface area contributed by atoms with Crippen molar-refractivity contribution in [1.82, 2.24) is 15.0 Å². The van der Waals surface area contributed by atoms with E-state index < -0.39 is 0 Å². The Balaban J connectivity index is 1.29. The third-order valence-electron chi connectivity index (χ3n) is 7.35. The van der Waals surface area contributed by atoms with E-state index in [1.807, 2.05) is 12.1 Å². The highest BCUT2D eigenvalue weighted by atomic mass is 19.1. The molecule has 1 saturated heterocycles. The number of nitrogens with two attached hydrogens (primary N) is 1. The summed E-state index contributed by atoms with van der Waals surface area (Å²) in [6.45, 7) is 3.00. The molecule has 1 amide bonds.